The van der Waals surface area contributed by atoms with Gasteiger partial charge in [0, 0.05) is 11.6 Å². The van der Waals surface area contributed by atoms with Gasteiger partial charge in [-0.15, -0.1) is 0 Å². The van der Waals surface area contributed by atoms with Gasteiger partial charge < -0.3 is 0 Å². The summed E-state index contributed by atoms with van der Waals surface area (Å²) in [5.41, 5.74) is 0.0465. The highest BCUT2D eigenvalue weighted by Gasteiger charge is 2.27. The molecule has 0 bridgehead atoms. The maximum atomic E-state index is 13.8. The first-order valence-electron chi connectivity index (χ1n) is 6.09. The quantitative estimate of drug-likeness (QED) is 0.804. The van der Waals surface area contributed by atoms with Crippen LogP contribution in [0.5, 0.6) is 0 Å². The standard InChI is InChI=1S/C16H10F3NO/c1-9-2-4-12(14(18)6-9)16(21)13(8-20)11-5-3-10(17)7-15(11)19/h2-7,13H,1H3. The zero-order valence-corrected chi connectivity index (χ0v) is 11.0. The minimum atomic E-state index is -1.53. The van der Waals surface area contributed by atoms with Crippen molar-refractivity contribution in [1.82, 2.24) is 0 Å². The molecule has 106 valence electrons. The number of nitrogens with zero attached hydrogens (tertiary/aromatic N) is 1. The number of rotatable bonds is 3. The molecule has 0 aromatic heterocycles. The predicted octanol–water partition coefficient (Wildman–Crippen LogP) is 3.90. The van der Waals surface area contributed by atoms with E-state index in [1.54, 1.807) is 13.0 Å². The third kappa shape index (κ3) is 2.95. The number of hydrogen-bond donors (Lipinski definition) is 0. The molecule has 1 atom stereocenters. The van der Waals surface area contributed by atoms with E-state index in [-0.39, 0.29) is 11.1 Å². The monoisotopic (exact) mass is 289 g/mol. The van der Waals surface area contributed by atoms with E-state index in [1.807, 2.05) is 0 Å². The molecule has 0 aliphatic carbocycles. The zero-order valence-electron chi connectivity index (χ0n) is 11.0. The molecule has 0 N–H and O–H groups in total. The van der Waals surface area contributed by atoms with Crippen LogP contribution in [0.15, 0.2) is 36.4 Å². The summed E-state index contributed by atoms with van der Waals surface area (Å²) >= 11 is 0. The van der Waals surface area contributed by atoms with E-state index < -0.39 is 29.2 Å². The van der Waals surface area contributed by atoms with E-state index in [4.69, 9.17) is 5.26 Å². The Morgan fingerprint density at radius 3 is 2.38 bits per heavy atom. The lowest BCUT2D eigenvalue weighted by molar-refractivity contribution is 0.0973. The Labute approximate surface area is 119 Å². The smallest absolute Gasteiger partial charge is 0.187 e. The van der Waals surface area contributed by atoms with Gasteiger partial charge in [0.15, 0.2) is 5.78 Å². The van der Waals surface area contributed by atoms with Crippen LogP contribution in [0, 0.1) is 35.7 Å². The fourth-order valence-corrected chi connectivity index (χ4v) is 1.98. The van der Waals surface area contributed by atoms with Crippen LogP contribution >= 0.6 is 0 Å². The number of carbonyl (C=O) groups excluding carboxylic acids is 1. The Morgan fingerprint density at radius 1 is 1.10 bits per heavy atom. The highest BCUT2D eigenvalue weighted by molar-refractivity contribution is 6.03. The van der Waals surface area contributed by atoms with Gasteiger partial charge in [0.1, 0.15) is 23.4 Å². The van der Waals surface area contributed by atoms with Crippen molar-refractivity contribution >= 4 is 5.78 Å². The molecule has 0 fully saturated rings. The predicted molar refractivity (Wildman–Crippen MR) is 70.2 cm³/mol. The van der Waals surface area contributed by atoms with Crippen LogP contribution < -0.4 is 0 Å². The first-order valence-corrected chi connectivity index (χ1v) is 6.09. The molecule has 2 aromatic rings. The third-order valence-corrected chi connectivity index (χ3v) is 3.05. The average Bonchev–Trinajstić information content (AvgIpc) is 2.41. The fraction of sp³-hybridized carbons (Fsp3) is 0.125. The van der Waals surface area contributed by atoms with Crippen molar-refractivity contribution in [2.75, 3.05) is 0 Å². The van der Waals surface area contributed by atoms with Crippen LogP contribution in [0.1, 0.15) is 27.4 Å². The molecular weight excluding hydrogens is 279 g/mol. The molecule has 0 saturated heterocycles. The maximum absolute atomic E-state index is 13.8. The van der Waals surface area contributed by atoms with Crippen LogP contribution in [0.25, 0.3) is 0 Å². The number of carbonyl (C=O) groups is 1. The third-order valence-electron chi connectivity index (χ3n) is 3.05. The van der Waals surface area contributed by atoms with Crippen LogP contribution in [0.4, 0.5) is 13.2 Å². The molecule has 5 heteroatoms. The Bertz CT molecular complexity index is 750. The summed E-state index contributed by atoms with van der Waals surface area (Å²) in [5.74, 6) is -4.99. The molecule has 0 saturated carbocycles. The lowest BCUT2D eigenvalue weighted by Gasteiger charge is -2.11. The summed E-state index contributed by atoms with van der Waals surface area (Å²) in [6.45, 7) is 1.65. The second kappa shape index (κ2) is 5.80. The molecule has 0 spiro atoms. The molecule has 2 nitrogen and oxygen atoms in total. The zero-order chi connectivity index (χ0) is 15.6. The summed E-state index contributed by atoms with van der Waals surface area (Å²) < 4.78 is 40.4. The van der Waals surface area contributed by atoms with Gasteiger partial charge >= 0.3 is 0 Å². The highest BCUT2D eigenvalue weighted by atomic mass is 19.1. The highest BCUT2D eigenvalue weighted by Crippen LogP contribution is 2.25. The summed E-state index contributed by atoms with van der Waals surface area (Å²) in [4.78, 5) is 12.2. The van der Waals surface area contributed by atoms with E-state index in [0.29, 0.717) is 11.6 Å². The summed E-state index contributed by atoms with van der Waals surface area (Å²) in [6.07, 6.45) is 0. The summed E-state index contributed by atoms with van der Waals surface area (Å²) in [7, 11) is 0. The minimum Gasteiger partial charge on any atom is -0.292 e. The van der Waals surface area contributed by atoms with Crippen LogP contribution in [-0.4, -0.2) is 5.78 Å². The van der Waals surface area contributed by atoms with Crippen LogP contribution in [-0.2, 0) is 0 Å². The summed E-state index contributed by atoms with van der Waals surface area (Å²) in [5, 5.41) is 9.10. The normalized spacial score (nSPS) is 11.8. The molecule has 0 radical (unpaired) electrons. The van der Waals surface area contributed by atoms with Crippen molar-refractivity contribution < 1.29 is 18.0 Å². The van der Waals surface area contributed by atoms with E-state index in [0.717, 1.165) is 18.2 Å². The topological polar surface area (TPSA) is 40.9 Å². The number of aryl methyl sites for hydroxylation is 1. The number of nitriles is 1. The fourth-order valence-electron chi connectivity index (χ4n) is 1.98. The molecule has 1 unspecified atom stereocenters. The Hall–Kier alpha value is -2.61. The molecule has 0 aliphatic heterocycles. The lowest BCUT2D eigenvalue weighted by atomic mass is 9.91. The van der Waals surface area contributed by atoms with Gasteiger partial charge in [0.25, 0.3) is 0 Å². The second-order valence-corrected chi connectivity index (χ2v) is 4.58. The lowest BCUT2D eigenvalue weighted by Crippen LogP contribution is -2.14. The van der Waals surface area contributed by atoms with Crippen molar-refractivity contribution in [3.8, 4) is 6.07 Å². The van der Waals surface area contributed by atoms with Crippen LogP contribution in [0.2, 0.25) is 0 Å². The van der Waals surface area contributed by atoms with Crippen molar-refractivity contribution in [1.29, 1.82) is 5.26 Å². The van der Waals surface area contributed by atoms with E-state index >= 15 is 0 Å². The van der Waals surface area contributed by atoms with E-state index in [2.05, 4.69) is 0 Å². The SMILES string of the molecule is Cc1ccc(C(=O)C(C#N)c2ccc(F)cc2F)c(F)c1. The second-order valence-electron chi connectivity index (χ2n) is 4.58. The largest absolute Gasteiger partial charge is 0.292 e. The molecule has 2 rings (SSSR count). The first kappa shape index (κ1) is 14.8. The maximum Gasteiger partial charge on any atom is 0.187 e. The Morgan fingerprint density at radius 2 is 1.81 bits per heavy atom. The number of hydrogen-bond acceptors (Lipinski definition) is 2. The number of Topliss-reactive ketones (excluding diaryl/α,β-unsaturated/α-hetero) is 1. The average molecular weight is 289 g/mol. The first-order chi connectivity index (χ1) is 9.93. The van der Waals surface area contributed by atoms with E-state index in [1.165, 1.54) is 12.1 Å². The van der Waals surface area contributed by atoms with Gasteiger partial charge in [-0.05, 0) is 30.7 Å². The molecule has 0 aliphatic rings. The molecule has 0 amide bonds. The van der Waals surface area contributed by atoms with Gasteiger partial charge in [-0.1, -0.05) is 12.1 Å². The van der Waals surface area contributed by atoms with Gasteiger partial charge in [-0.3, -0.25) is 4.79 Å². The molecule has 21 heavy (non-hydrogen) atoms. The van der Waals surface area contributed by atoms with Gasteiger partial charge in [0.2, 0.25) is 0 Å². The molecule has 0 heterocycles. The van der Waals surface area contributed by atoms with Crippen molar-refractivity contribution in [2.45, 2.75) is 12.8 Å². The van der Waals surface area contributed by atoms with Gasteiger partial charge in [0.05, 0.1) is 11.6 Å². The minimum absolute atomic E-state index is 0.274. The van der Waals surface area contributed by atoms with Gasteiger partial charge in [-0.25, -0.2) is 13.2 Å². The number of benzene rings is 2. The number of ketones is 1. The number of halogens is 3. The van der Waals surface area contributed by atoms with Crippen molar-refractivity contribution in [3.05, 3.63) is 70.5 Å². The van der Waals surface area contributed by atoms with Crippen molar-refractivity contribution in [3.63, 3.8) is 0 Å². The molecule has 2 aromatic carbocycles. The molecular formula is C16H10F3NO. The van der Waals surface area contributed by atoms with Gasteiger partial charge in [-0.2, -0.15) is 5.26 Å². The Balaban J connectivity index is 2.46. The van der Waals surface area contributed by atoms with E-state index in [9.17, 15) is 18.0 Å². The Kier molecular flexibility index (Phi) is 4.08. The van der Waals surface area contributed by atoms with Crippen molar-refractivity contribution in [2.24, 2.45) is 0 Å². The summed E-state index contributed by atoms with van der Waals surface area (Å²) in [6, 6.07) is 8.11. The van der Waals surface area contributed by atoms with Crippen LogP contribution in [0.3, 0.4) is 0 Å².